The molecule has 1 saturated heterocycles. The maximum absolute atomic E-state index is 12.8. The molecule has 1 heterocycles. The zero-order chi connectivity index (χ0) is 21.9. The third-order valence-electron chi connectivity index (χ3n) is 5.37. The van der Waals surface area contributed by atoms with Gasteiger partial charge in [-0.25, -0.2) is 8.42 Å². The molecule has 1 amide bonds. The zero-order valence-electron chi connectivity index (χ0n) is 17.6. The van der Waals surface area contributed by atoms with Crippen LogP contribution < -0.4 is 14.5 Å². The maximum atomic E-state index is 12.8. The number of anilines is 2. The fourth-order valence-corrected chi connectivity index (χ4v) is 5.13. The lowest BCUT2D eigenvalue weighted by Crippen LogP contribution is -2.48. The Bertz CT molecular complexity index is 1000. The quantitative estimate of drug-likeness (QED) is 0.699. The molecule has 8 heteroatoms. The summed E-state index contributed by atoms with van der Waals surface area (Å²) < 4.78 is 26.1. The number of benzene rings is 2. The minimum absolute atomic E-state index is 0.329. The Morgan fingerprint density at radius 2 is 1.80 bits per heavy atom. The predicted molar refractivity (Wildman–Crippen MR) is 123 cm³/mol. The van der Waals surface area contributed by atoms with E-state index in [-0.39, 0.29) is 5.91 Å². The fourth-order valence-electron chi connectivity index (χ4n) is 3.74. The van der Waals surface area contributed by atoms with Gasteiger partial charge in [0.05, 0.1) is 11.9 Å². The van der Waals surface area contributed by atoms with E-state index in [9.17, 15) is 13.2 Å². The van der Waals surface area contributed by atoms with E-state index < -0.39 is 16.1 Å². The summed E-state index contributed by atoms with van der Waals surface area (Å²) in [4.78, 5) is 15.1. The number of amides is 1. The highest BCUT2D eigenvalue weighted by Gasteiger charge is 2.30. The summed E-state index contributed by atoms with van der Waals surface area (Å²) >= 11 is 6.07. The maximum Gasteiger partial charge on any atom is 0.243 e. The monoisotopic (exact) mass is 449 g/mol. The van der Waals surface area contributed by atoms with Crippen LogP contribution in [0.4, 0.5) is 11.4 Å². The molecule has 6 nitrogen and oxygen atoms in total. The molecule has 0 saturated carbocycles. The first-order valence-electron chi connectivity index (χ1n) is 10.0. The molecule has 1 atom stereocenters. The normalized spacial score (nSPS) is 15.1. The highest BCUT2D eigenvalue weighted by molar-refractivity contribution is 7.92. The first kappa shape index (κ1) is 22.4. The molecule has 1 fully saturated rings. The second kappa shape index (κ2) is 9.27. The number of nitrogens with zero attached hydrogens (tertiary/aromatic N) is 2. The topological polar surface area (TPSA) is 69.7 Å². The molecule has 2 aromatic rings. The van der Waals surface area contributed by atoms with Crippen LogP contribution in [0.2, 0.25) is 5.02 Å². The molecule has 30 heavy (non-hydrogen) atoms. The Hall–Kier alpha value is -2.25. The van der Waals surface area contributed by atoms with Crippen molar-refractivity contribution in [1.82, 2.24) is 5.32 Å². The van der Waals surface area contributed by atoms with Gasteiger partial charge >= 0.3 is 0 Å². The van der Waals surface area contributed by atoms with Crippen LogP contribution in [0.5, 0.6) is 0 Å². The van der Waals surface area contributed by atoms with Crippen LogP contribution in [0.3, 0.4) is 0 Å². The lowest BCUT2D eigenvalue weighted by molar-refractivity contribution is -0.122. The molecule has 2 aromatic carbocycles. The first-order valence-corrected chi connectivity index (χ1v) is 12.3. The largest absolute Gasteiger partial charge is 0.372 e. The Labute approximate surface area is 183 Å². The summed E-state index contributed by atoms with van der Waals surface area (Å²) in [6.45, 7) is 5.86. The van der Waals surface area contributed by atoms with Crippen molar-refractivity contribution in [3.05, 3.63) is 58.6 Å². The number of sulfonamides is 1. The van der Waals surface area contributed by atoms with Crippen molar-refractivity contribution in [3.8, 4) is 0 Å². The second-order valence-electron chi connectivity index (χ2n) is 7.74. The van der Waals surface area contributed by atoms with Gasteiger partial charge in [-0.15, -0.1) is 0 Å². The van der Waals surface area contributed by atoms with E-state index in [0.29, 0.717) is 17.3 Å². The van der Waals surface area contributed by atoms with Crippen LogP contribution in [0.1, 0.15) is 30.9 Å². The Morgan fingerprint density at radius 3 is 2.40 bits per heavy atom. The summed E-state index contributed by atoms with van der Waals surface area (Å²) in [7, 11) is -3.69. The molecule has 1 N–H and O–H groups in total. The molecule has 0 aromatic heterocycles. The van der Waals surface area contributed by atoms with Gasteiger partial charge in [0.2, 0.25) is 15.9 Å². The predicted octanol–water partition coefficient (Wildman–Crippen LogP) is 3.72. The van der Waals surface area contributed by atoms with E-state index in [0.717, 1.165) is 34.8 Å². The fraction of sp³-hybridized carbons (Fsp3) is 0.409. The summed E-state index contributed by atoms with van der Waals surface area (Å²) in [5, 5.41) is 3.26. The average Bonchev–Trinajstić information content (AvgIpc) is 3.23. The standard InChI is InChI=1S/C22H28ClN3O3S/c1-16-6-9-19(23)14-21(16)26(30(3,28)29)17(2)22(27)24-15-18-7-10-20(11-8-18)25-12-4-5-13-25/h6-11,14,17H,4-5,12-13,15H2,1-3H3,(H,24,27). The lowest BCUT2D eigenvalue weighted by Gasteiger charge is -2.29. The van der Waals surface area contributed by atoms with Gasteiger partial charge in [0, 0.05) is 30.3 Å². The third kappa shape index (κ3) is 5.26. The van der Waals surface area contributed by atoms with Gasteiger partial charge in [0.25, 0.3) is 0 Å². The molecule has 0 aliphatic carbocycles. The number of rotatable bonds is 7. The van der Waals surface area contributed by atoms with E-state index in [1.165, 1.54) is 18.5 Å². The lowest BCUT2D eigenvalue weighted by atomic mass is 10.1. The highest BCUT2D eigenvalue weighted by atomic mass is 35.5. The minimum Gasteiger partial charge on any atom is -0.372 e. The molecule has 1 aliphatic rings. The Balaban J connectivity index is 1.70. The van der Waals surface area contributed by atoms with E-state index in [1.807, 2.05) is 12.1 Å². The average molecular weight is 450 g/mol. The molecular formula is C22H28ClN3O3S. The third-order valence-corrected chi connectivity index (χ3v) is 6.83. The number of hydrogen-bond donors (Lipinski definition) is 1. The number of carbonyl (C=O) groups is 1. The van der Waals surface area contributed by atoms with Crippen molar-refractivity contribution in [3.63, 3.8) is 0 Å². The van der Waals surface area contributed by atoms with E-state index in [1.54, 1.807) is 32.0 Å². The van der Waals surface area contributed by atoms with Gasteiger partial charge < -0.3 is 10.2 Å². The number of aryl methyl sites for hydroxylation is 1. The molecule has 0 spiro atoms. The highest BCUT2D eigenvalue weighted by Crippen LogP contribution is 2.28. The van der Waals surface area contributed by atoms with Crippen LogP contribution in [-0.4, -0.2) is 39.7 Å². The Kier molecular flexibility index (Phi) is 6.93. The van der Waals surface area contributed by atoms with Crippen molar-refractivity contribution in [1.29, 1.82) is 0 Å². The van der Waals surface area contributed by atoms with Crippen LogP contribution in [0.15, 0.2) is 42.5 Å². The van der Waals surface area contributed by atoms with Gasteiger partial charge in [0.15, 0.2) is 0 Å². The molecule has 1 aliphatic heterocycles. The molecular weight excluding hydrogens is 422 g/mol. The molecule has 3 rings (SSSR count). The van der Waals surface area contributed by atoms with Gasteiger partial charge in [-0.1, -0.05) is 29.8 Å². The van der Waals surface area contributed by atoms with Crippen molar-refractivity contribution in [2.45, 2.75) is 39.3 Å². The van der Waals surface area contributed by atoms with Crippen molar-refractivity contribution in [2.24, 2.45) is 0 Å². The number of nitrogens with one attached hydrogen (secondary N) is 1. The van der Waals surface area contributed by atoms with Crippen LogP contribution in [0.25, 0.3) is 0 Å². The number of halogens is 1. The van der Waals surface area contributed by atoms with Crippen LogP contribution >= 0.6 is 11.6 Å². The number of hydrogen-bond acceptors (Lipinski definition) is 4. The van der Waals surface area contributed by atoms with Gasteiger partial charge in [0.1, 0.15) is 6.04 Å². The summed E-state index contributed by atoms with van der Waals surface area (Å²) in [5.74, 6) is -0.372. The summed E-state index contributed by atoms with van der Waals surface area (Å²) in [6.07, 6.45) is 3.53. The molecule has 1 unspecified atom stereocenters. The summed E-state index contributed by atoms with van der Waals surface area (Å²) in [5.41, 5.74) is 3.28. The van der Waals surface area contributed by atoms with Crippen molar-refractivity contribution in [2.75, 3.05) is 28.6 Å². The SMILES string of the molecule is Cc1ccc(Cl)cc1N(C(C)C(=O)NCc1ccc(N2CCCC2)cc1)S(C)(=O)=O. The van der Waals surface area contributed by atoms with Gasteiger partial charge in [-0.05, 0) is 62.1 Å². The summed E-state index contributed by atoms with van der Waals surface area (Å²) in [6, 6.07) is 12.2. The van der Waals surface area contributed by atoms with E-state index in [4.69, 9.17) is 11.6 Å². The van der Waals surface area contributed by atoms with Gasteiger partial charge in [-0.3, -0.25) is 9.10 Å². The first-order chi connectivity index (χ1) is 14.2. The number of carbonyl (C=O) groups excluding carboxylic acids is 1. The van der Waals surface area contributed by atoms with Crippen LogP contribution in [0, 0.1) is 6.92 Å². The molecule has 0 radical (unpaired) electrons. The van der Waals surface area contributed by atoms with Crippen molar-refractivity contribution >= 4 is 38.9 Å². The van der Waals surface area contributed by atoms with Crippen molar-refractivity contribution < 1.29 is 13.2 Å². The molecule has 0 bridgehead atoms. The van der Waals surface area contributed by atoms with E-state index >= 15 is 0 Å². The van der Waals surface area contributed by atoms with E-state index in [2.05, 4.69) is 22.3 Å². The second-order valence-corrected chi connectivity index (χ2v) is 10.0. The van der Waals surface area contributed by atoms with Crippen LogP contribution in [-0.2, 0) is 21.4 Å². The zero-order valence-corrected chi connectivity index (χ0v) is 19.1. The smallest absolute Gasteiger partial charge is 0.243 e. The molecule has 162 valence electrons. The Morgan fingerprint density at radius 1 is 1.17 bits per heavy atom. The van der Waals surface area contributed by atoms with Gasteiger partial charge in [-0.2, -0.15) is 0 Å². The minimum atomic E-state index is -3.69.